The van der Waals surface area contributed by atoms with Gasteiger partial charge in [-0.2, -0.15) is 0 Å². The van der Waals surface area contributed by atoms with Gasteiger partial charge in [0.1, 0.15) is 0 Å². The van der Waals surface area contributed by atoms with Crippen LogP contribution in [-0.4, -0.2) is 17.9 Å². The molecule has 4 nitrogen and oxygen atoms in total. The molecule has 1 aliphatic heterocycles. The van der Waals surface area contributed by atoms with E-state index in [-0.39, 0.29) is 23.9 Å². The largest absolute Gasteiger partial charge is 0.305 e. The van der Waals surface area contributed by atoms with Crippen LogP contribution in [0.5, 0.6) is 0 Å². The van der Waals surface area contributed by atoms with Crippen LogP contribution in [0.4, 0.5) is 11.4 Å². The highest BCUT2D eigenvalue weighted by atomic mass is 127. The first kappa shape index (κ1) is 20.6. The van der Waals surface area contributed by atoms with Crippen LogP contribution >= 0.6 is 22.6 Å². The van der Waals surface area contributed by atoms with E-state index in [1.165, 1.54) is 0 Å². The molecule has 4 rings (SSSR count). The van der Waals surface area contributed by atoms with Gasteiger partial charge in [0.05, 0.1) is 11.6 Å². The third-order valence-electron chi connectivity index (χ3n) is 5.57. The molecule has 5 heteroatoms. The lowest BCUT2D eigenvalue weighted by molar-refractivity contribution is -0.117. The average molecular weight is 510 g/mol. The van der Waals surface area contributed by atoms with Crippen molar-refractivity contribution in [3.8, 4) is 0 Å². The summed E-state index contributed by atoms with van der Waals surface area (Å²) >= 11 is 2.21. The lowest BCUT2D eigenvalue weighted by Gasteiger charge is -2.43. The molecule has 0 unspecified atom stereocenters. The fourth-order valence-corrected chi connectivity index (χ4v) is 4.89. The number of benzene rings is 3. The molecule has 0 bridgehead atoms. The minimum absolute atomic E-state index is 0.00696. The van der Waals surface area contributed by atoms with Gasteiger partial charge >= 0.3 is 0 Å². The van der Waals surface area contributed by atoms with Gasteiger partial charge in [0.25, 0.3) is 5.91 Å². The van der Waals surface area contributed by atoms with Gasteiger partial charge in [-0.05, 0) is 71.8 Å². The van der Waals surface area contributed by atoms with Gasteiger partial charge in [0.2, 0.25) is 5.91 Å². The maximum atomic E-state index is 13.5. The third kappa shape index (κ3) is 3.74. The average Bonchev–Trinajstić information content (AvgIpc) is 2.74. The van der Waals surface area contributed by atoms with Crippen LogP contribution in [-0.2, 0) is 4.79 Å². The van der Waals surface area contributed by atoms with Gasteiger partial charge in [-0.3, -0.25) is 9.59 Å². The highest BCUT2D eigenvalue weighted by Crippen LogP contribution is 2.42. The monoisotopic (exact) mass is 510 g/mol. The van der Waals surface area contributed by atoms with E-state index in [2.05, 4.69) is 29.5 Å². The molecule has 0 fully saturated rings. The number of para-hydroxylation sites is 2. The lowest BCUT2D eigenvalue weighted by atomic mass is 9.89. The highest BCUT2D eigenvalue weighted by molar-refractivity contribution is 14.1. The molecule has 1 heterocycles. The summed E-state index contributed by atoms with van der Waals surface area (Å²) in [5, 5.41) is 0. The molecule has 3 aromatic carbocycles. The van der Waals surface area contributed by atoms with Gasteiger partial charge in [-0.1, -0.05) is 48.5 Å². The van der Waals surface area contributed by atoms with Gasteiger partial charge in [0.15, 0.2) is 0 Å². The molecule has 0 aromatic heterocycles. The van der Waals surface area contributed by atoms with E-state index < -0.39 is 0 Å². The maximum Gasteiger partial charge on any atom is 0.259 e. The lowest BCUT2D eigenvalue weighted by Crippen LogP contribution is -2.47. The highest BCUT2D eigenvalue weighted by Gasteiger charge is 2.38. The molecule has 0 aliphatic carbocycles. The summed E-state index contributed by atoms with van der Waals surface area (Å²) < 4.78 is 0.932. The smallest absolute Gasteiger partial charge is 0.259 e. The van der Waals surface area contributed by atoms with Gasteiger partial charge < -0.3 is 9.80 Å². The minimum atomic E-state index is -0.130. The predicted molar refractivity (Wildman–Crippen MR) is 129 cm³/mol. The standard InChI is InChI=1S/C25H23IN2O2/c1-17-16-24(28(18(2)29)19-10-4-3-5-11-19)21-13-7-9-15-23(21)27(17)25(30)20-12-6-8-14-22(20)26/h3-15,17,24H,16H2,1-2H3/t17-,24-/m0/s1. The fraction of sp³-hybridized carbons (Fsp3) is 0.200. The quantitative estimate of drug-likeness (QED) is 0.417. The van der Waals surface area contributed by atoms with Crippen molar-refractivity contribution < 1.29 is 9.59 Å². The molecule has 1 aliphatic rings. The molecule has 2 amide bonds. The number of rotatable bonds is 3. The van der Waals surface area contributed by atoms with E-state index in [1.54, 1.807) is 6.92 Å². The van der Waals surface area contributed by atoms with Crippen molar-refractivity contribution in [1.29, 1.82) is 0 Å². The van der Waals surface area contributed by atoms with Crippen molar-refractivity contribution in [2.45, 2.75) is 32.4 Å². The second kappa shape index (κ2) is 8.60. The summed E-state index contributed by atoms with van der Waals surface area (Å²) in [4.78, 5) is 29.9. The van der Waals surface area contributed by atoms with E-state index in [9.17, 15) is 9.59 Å². The number of hydrogen-bond donors (Lipinski definition) is 0. The van der Waals surface area contributed by atoms with Gasteiger partial charge in [-0.15, -0.1) is 0 Å². The molecule has 2 atom stereocenters. The zero-order valence-corrected chi connectivity index (χ0v) is 19.1. The Hall–Kier alpha value is -2.67. The summed E-state index contributed by atoms with van der Waals surface area (Å²) in [5.74, 6) is -0.0157. The zero-order chi connectivity index (χ0) is 21.3. The molecular formula is C25H23IN2O2. The van der Waals surface area contributed by atoms with E-state index in [0.717, 1.165) is 20.5 Å². The Balaban J connectivity index is 1.80. The maximum absolute atomic E-state index is 13.5. The SMILES string of the molecule is CC(=O)N(c1ccccc1)[C@H]1C[C@H](C)N(C(=O)c2ccccc2I)c2ccccc21. The van der Waals surface area contributed by atoms with Crippen LogP contribution in [0.3, 0.4) is 0 Å². The molecule has 0 N–H and O–H groups in total. The summed E-state index contributed by atoms with van der Waals surface area (Å²) in [6, 6.07) is 25.1. The number of nitrogens with zero attached hydrogens (tertiary/aromatic N) is 2. The van der Waals surface area contributed by atoms with Crippen molar-refractivity contribution in [3.63, 3.8) is 0 Å². The Morgan fingerprint density at radius 1 is 0.933 bits per heavy atom. The summed E-state index contributed by atoms with van der Waals surface area (Å²) in [5.41, 5.74) is 3.43. The van der Waals surface area contributed by atoms with Crippen molar-refractivity contribution in [2.24, 2.45) is 0 Å². The van der Waals surface area contributed by atoms with E-state index >= 15 is 0 Å². The first-order chi connectivity index (χ1) is 14.5. The Morgan fingerprint density at radius 3 is 2.27 bits per heavy atom. The molecule has 0 saturated heterocycles. The van der Waals surface area contributed by atoms with Crippen molar-refractivity contribution in [2.75, 3.05) is 9.80 Å². The third-order valence-corrected chi connectivity index (χ3v) is 6.51. The molecule has 152 valence electrons. The summed E-state index contributed by atoms with van der Waals surface area (Å²) in [6.45, 7) is 3.66. The number of halogens is 1. The van der Waals surface area contributed by atoms with E-state index in [1.807, 2.05) is 88.7 Å². The number of hydrogen-bond acceptors (Lipinski definition) is 2. The molecule has 3 aromatic rings. The van der Waals surface area contributed by atoms with Crippen molar-refractivity contribution >= 4 is 45.8 Å². The molecule has 0 saturated carbocycles. The topological polar surface area (TPSA) is 40.6 Å². The van der Waals surface area contributed by atoms with E-state index in [4.69, 9.17) is 0 Å². The van der Waals surface area contributed by atoms with Crippen LogP contribution < -0.4 is 9.80 Å². The predicted octanol–water partition coefficient (Wildman–Crippen LogP) is 5.82. The van der Waals surface area contributed by atoms with Crippen LogP contribution in [0.15, 0.2) is 78.9 Å². The molecule has 0 spiro atoms. The second-order valence-corrected chi connectivity index (χ2v) is 8.70. The molecular weight excluding hydrogens is 487 g/mol. The molecule has 30 heavy (non-hydrogen) atoms. The first-order valence-corrected chi connectivity index (χ1v) is 11.1. The zero-order valence-electron chi connectivity index (χ0n) is 17.0. The number of amides is 2. The molecule has 0 radical (unpaired) electrons. The second-order valence-electron chi connectivity index (χ2n) is 7.54. The van der Waals surface area contributed by atoms with E-state index in [0.29, 0.717) is 12.0 Å². The van der Waals surface area contributed by atoms with Crippen LogP contribution in [0, 0.1) is 3.57 Å². The Bertz CT molecular complexity index is 1080. The van der Waals surface area contributed by atoms with Crippen LogP contribution in [0.1, 0.15) is 42.2 Å². The summed E-state index contributed by atoms with van der Waals surface area (Å²) in [6.07, 6.45) is 0.667. The normalized spacial score (nSPS) is 17.9. The Morgan fingerprint density at radius 2 is 1.57 bits per heavy atom. The Kier molecular flexibility index (Phi) is 5.90. The minimum Gasteiger partial charge on any atom is -0.305 e. The fourth-order valence-electron chi connectivity index (χ4n) is 4.27. The number of carbonyl (C=O) groups is 2. The van der Waals surface area contributed by atoms with Crippen molar-refractivity contribution in [3.05, 3.63) is 93.6 Å². The first-order valence-electron chi connectivity index (χ1n) is 10.0. The van der Waals surface area contributed by atoms with Crippen molar-refractivity contribution in [1.82, 2.24) is 0 Å². The number of carbonyl (C=O) groups excluding carboxylic acids is 2. The Labute approximate surface area is 190 Å². The summed E-state index contributed by atoms with van der Waals surface area (Å²) in [7, 11) is 0. The number of fused-ring (bicyclic) bond motifs is 1. The van der Waals surface area contributed by atoms with Gasteiger partial charge in [0, 0.05) is 27.9 Å². The van der Waals surface area contributed by atoms with Crippen LogP contribution in [0.25, 0.3) is 0 Å². The number of anilines is 2. The van der Waals surface area contributed by atoms with Gasteiger partial charge in [-0.25, -0.2) is 0 Å². The van der Waals surface area contributed by atoms with Crippen LogP contribution in [0.2, 0.25) is 0 Å².